The van der Waals surface area contributed by atoms with Gasteiger partial charge >= 0.3 is 5.97 Å². The van der Waals surface area contributed by atoms with E-state index in [1.807, 2.05) is 45.0 Å². The Bertz CT molecular complexity index is 946. The van der Waals surface area contributed by atoms with Crippen LogP contribution in [0.4, 0.5) is 0 Å². The van der Waals surface area contributed by atoms with Gasteiger partial charge in [0.2, 0.25) is 0 Å². The fraction of sp³-hybridized carbons (Fsp3) is 0.348. The Morgan fingerprint density at radius 2 is 1.90 bits per heavy atom. The lowest BCUT2D eigenvalue weighted by Gasteiger charge is -2.08. The predicted molar refractivity (Wildman–Crippen MR) is 110 cm³/mol. The molecule has 0 unspecified atom stereocenters. The Kier molecular flexibility index (Phi) is 7.93. The first kappa shape index (κ1) is 22.1. The van der Waals surface area contributed by atoms with E-state index in [1.54, 1.807) is 19.2 Å². The predicted octanol–water partition coefficient (Wildman–Crippen LogP) is 3.65. The van der Waals surface area contributed by atoms with Crippen molar-refractivity contribution in [2.45, 2.75) is 33.7 Å². The number of ketones is 1. The molecule has 0 saturated carbocycles. The summed E-state index contributed by atoms with van der Waals surface area (Å²) in [5.74, 6) is -1.12. The lowest BCUT2D eigenvalue weighted by Crippen LogP contribution is -2.15. The Morgan fingerprint density at radius 3 is 2.48 bits per heavy atom. The van der Waals surface area contributed by atoms with Crippen LogP contribution in [0.15, 0.2) is 35.9 Å². The van der Waals surface area contributed by atoms with Crippen LogP contribution >= 0.6 is 0 Å². The number of Topliss-reactive ketones (excluding diaryl/α,β-unsaturated/α-hetero) is 1. The zero-order valence-electron chi connectivity index (χ0n) is 17.3. The van der Waals surface area contributed by atoms with Gasteiger partial charge in [0.1, 0.15) is 11.6 Å². The van der Waals surface area contributed by atoms with Crippen LogP contribution in [0.2, 0.25) is 0 Å². The van der Waals surface area contributed by atoms with Gasteiger partial charge in [-0.1, -0.05) is 31.2 Å². The summed E-state index contributed by atoms with van der Waals surface area (Å²) >= 11 is 0. The number of carbonyl (C=O) groups excluding carboxylic acids is 2. The van der Waals surface area contributed by atoms with Gasteiger partial charge in [0.15, 0.2) is 12.4 Å². The van der Waals surface area contributed by atoms with E-state index in [9.17, 15) is 14.9 Å². The van der Waals surface area contributed by atoms with Crippen LogP contribution in [-0.4, -0.2) is 36.6 Å². The van der Waals surface area contributed by atoms with Crippen molar-refractivity contribution in [3.05, 3.63) is 64.0 Å². The average Bonchev–Trinajstić information content (AvgIpc) is 3.00. The van der Waals surface area contributed by atoms with Crippen LogP contribution in [-0.2, 0) is 27.2 Å². The quantitative estimate of drug-likeness (QED) is 0.281. The molecule has 1 aromatic carbocycles. The molecule has 0 aliphatic rings. The molecule has 1 heterocycles. The highest BCUT2D eigenvalue weighted by molar-refractivity contribution is 6.02. The first-order valence-electron chi connectivity index (χ1n) is 9.48. The van der Waals surface area contributed by atoms with E-state index in [-0.39, 0.29) is 11.4 Å². The third-order valence-electron chi connectivity index (χ3n) is 4.79. The number of esters is 1. The molecule has 0 spiro atoms. The number of ether oxygens (including phenoxy) is 2. The Hall–Kier alpha value is -3.17. The molecule has 0 aliphatic heterocycles. The molecule has 2 aromatic rings. The van der Waals surface area contributed by atoms with Crippen molar-refractivity contribution in [2.24, 2.45) is 0 Å². The molecule has 0 fully saturated rings. The maximum Gasteiger partial charge on any atom is 0.349 e. The van der Waals surface area contributed by atoms with Crippen LogP contribution in [0.1, 0.15) is 39.8 Å². The van der Waals surface area contributed by atoms with E-state index in [1.165, 1.54) is 6.08 Å². The highest BCUT2D eigenvalue weighted by atomic mass is 16.5. The van der Waals surface area contributed by atoms with Crippen molar-refractivity contribution in [2.75, 3.05) is 20.3 Å². The van der Waals surface area contributed by atoms with Crippen LogP contribution in [0.25, 0.3) is 6.08 Å². The third kappa shape index (κ3) is 5.66. The van der Waals surface area contributed by atoms with Crippen molar-refractivity contribution >= 4 is 17.8 Å². The summed E-state index contributed by atoms with van der Waals surface area (Å²) < 4.78 is 12.2. The molecule has 0 radical (unpaired) electrons. The number of hydrogen-bond acceptors (Lipinski definition) is 5. The lowest BCUT2D eigenvalue weighted by atomic mass is 10.1. The second-order valence-electron chi connectivity index (χ2n) is 6.69. The number of methoxy groups -OCH3 is 1. The first-order valence-corrected chi connectivity index (χ1v) is 9.48. The van der Waals surface area contributed by atoms with Gasteiger partial charge in [0, 0.05) is 30.6 Å². The molecule has 0 aliphatic carbocycles. The number of benzene rings is 1. The number of rotatable bonds is 9. The van der Waals surface area contributed by atoms with Gasteiger partial charge in [-0.05, 0) is 43.5 Å². The second kappa shape index (κ2) is 10.4. The minimum atomic E-state index is -0.812. The normalized spacial score (nSPS) is 11.2. The van der Waals surface area contributed by atoms with Gasteiger partial charge in [-0.2, -0.15) is 5.26 Å². The molecule has 0 atom stereocenters. The molecule has 1 aromatic heterocycles. The zero-order valence-corrected chi connectivity index (χ0v) is 17.3. The van der Waals surface area contributed by atoms with Crippen molar-refractivity contribution < 1.29 is 19.1 Å². The summed E-state index contributed by atoms with van der Waals surface area (Å²) in [7, 11) is 1.64. The number of nitriles is 1. The standard InChI is InChI=1S/C23H26N2O4/c1-5-18-6-8-19(9-7-18)22(26)15-29-23(27)21(14-24)13-20-12-16(2)25(17(20)3)10-11-28-4/h6-9,12-13H,5,10-11,15H2,1-4H3/b21-13+. The number of carbonyl (C=O) groups is 2. The minimum absolute atomic E-state index is 0.147. The van der Waals surface area contributed by atoms with Crippen molar-refractivity contribution in [1.29, 1.82) is 5.26 Å². The fourth-order valence-electron chi connectivity index (χ4n) is 3.01. The smallest absolute Gasteiger partial charge is 0.349 e. The minimum Gasteiger partial charge on any atom is -0.453 e. The maximum absolute atomic E-state index is 12.3. The molecule has 0 bridgehead atoms. The highest BCUT2D eigenvalue weighted by Gasteiger charge is 2.16. The number of nitrogens with zero attached hydrogens (tertiary/aromatic N) is 2. The van der Waals surface area contributed by atoms with Gasteiger partial charge in [-0.15, -0.1) is 0 Å². The lowest BCUT2D eigenvalue weighted by molar-refractivity contribution is -0.137. The molecule has 0 N–H and O–H groups in total. The molecule has 0 amide bonds. The number of aryl methyl sites for hydroxylation is 2. The van der Waals surface area contributed by atoms with Gasteiger partial charge < -0.3 is 14.0 Å². The van der Waals surface area contributed by atoms with Gasteiger partial charge in [-0.25, -0.2) is 4.79 Å². The molecule has 6 nitrogen and oxygen atoms in total. The van der Waals surface area contributed by atoms with Crippen molar-refractivity contribution in [3.63, 3.8) is 0 Å². The van der Waals surface area contributed by atoms with Crippen LogP contribution in [0.5, 0.6) is 0 Å². The molecule has 152 valence electrons. The fourth-order valence-corrected chi connectivity index (χ4v) is 3.01. The highest BCUT2D eigenvalue weighted by Crippen LogP contribution is 2.19. The summed E-state index contributed by atoms with van der Waals surface area (Å²) in [6.07, 6.45) is 2.38. The van der Waals surface area contributed by atoms with Gasteiger partial charge in [0.05, 0.1) is 6.61 Å². The molecule has 0 saturated heterocycles. The average molecular weight is 394 g/mol. The zero-order chi connectivity index (χ0) is 21.4. The monoisotopic (exact) mass is 394 g/mol. The summed E-state index contributed by atoms with van der Waals surface area (Å²) in [4.78, 5) is 24.5. The van der Waals surface area contributed by atoms with E-state index >= 15 is 0 Å². The summed E-state index contributed by atoms with van der Waals surface area (Å²) in [5.41, 5.74) is 4.13. The Labute approximate surface area is 171 Å². The molecule has 6 heteroatoms. The van der Waals surface area contributed by atoms with Crippen LogP contribution < -0.4 is 0 Å². The summed E-state index contributed by atoms with van der Waals surface area (Å²) in [6.45, 7) is 6.73. The van der Waals surface area contributed by atoms with E-state index in [2.05, 4.69) is 4.57 Å². The summed E-state index contributed by atoms with van der Waals surface area (Å²) in [5, 5.41) is 9.38. The second-order valence-corrected chi connectivity index (χ2v) is 6.69. The summed E-state index contributed by atoms with van der Waals surface area (Å²) in [6, 6.07) is 10.9. The first-order chi connectivity index (χ1) is 13.9. The maximum atomic E-state index is 12.3. The molecule has 29 heavy (non-hydrogen) atoms. The van der Waals surface area contributed by atoms with Gasteiger partial charge in [0.25, 0.3) is 0 Å². The topological polar surface area (TPSA) is 81.3 Å². The number of aromatic nitrogens is 1. The molecule has 2 rings (SSSR count). The Morgan fingerprint density at radius 1 is 1.21 bits per heavy atom. The third-order valence-corrected chi connectivity index (χ3v) is 4.79. The molecular formula is C23H26N2O4. The van der Waals surface area contributed by atoms with E-state index in [4.69, 9.17) is 9.47 Å². The van der Waals surface area contributed by atoms with Crippen LogP contribution in [0, 0.1) is 25.2 Å². The largest absolute Gasteiger partial charge is 0.453 e. The van der Waals surface area contributed by atoms with E-state index in [0.717, 1.165) is 28.9 Å². The SMILES string of the molecule is CCc1ccc(C(=O)COC(=O)/C(C#N)=C/c2cc(C)n(CCOC)c2C)cc1. The van der Waals surface area contributed by atoms with Crippen molar-refractivity contribution in [1.82, 2.24) is 4.57 Å². The molecular weight excluding hydrogens is 368 g/mol. The van der Waals surface area contributed by atoms with E-state index < -0.39 is 12.6 Å². The van der Waals surface area contributed by atoms with E-state index in [0.29, 0.717) is 18.7 Å². The number of hydrogen-bond donors (Lipinski definition) is 0. The van der Waals surface area contributed by atoms with Gasteiger partial charge in [-0.3, -0.25) is 4.79 Å². The Balaban J connectivity index is 2.08. The van der Waals surface area contributed by atoms with Crippen molar-refractivity contribution in [3.8, 4) is 6.07 Å². The van der Waals surface area contributed by atoms with Crippen LogP contribution in [0.3, 0.4) is 0 Å².